The molecule has 5 rings (SSSR count). The second-order valence-corrected chi connectivity index (χ2v) is 35.7. The fourth-order valence-corrected chi connectivity index (χ4v) is 32.9. The summed E-state index contributed by atoms with van der Waals surface area (Å²) in [7, 11) is 0. The minimum Gasteiger partial charge on any atom is -0.147 e. The molecule has 0 spiro atoms. The summed E-state index contributed by atoms with van der Waals surface area (Å²) in [6.45, 7) is 18.2. The second-order valence-electron chi connectivity index (χ2n) is 13.9. The summed E-state index contributed by atoms with van der Waals surface area (Å²) in [4.78, 5) is 0. The molecule has 0 nitrogen and oxygen atoms in total. The molecule has 0 heterocycles. The molecule has 3 aromatic rings. The Hall–Kier alpha value is -1.80. The van der Waals surface area contributed by atoms with E-state index >= 15 is 0 Å². The average Bonchev–Trinajstić information content (AvgIpc) is 3.54. The molecule has 212 valence electrons. The Balaban J connectivity index is 0.00000220. The van der Waals surface area contributed by atoms with Gasteiger partial charge in [0.05, 0.1) is 0 Å². The monoisotopic (exact) mass is 740 g/mol. The number of fused-ring (bicyclic) bond motifs is 3. The van der Waals surface area contributed by atoms with Crippen molar-refractivity contribution in [3.63, 3.8) is 0 Å². The Kier molecular flexibility index (Phi) is 9.38. The Morgan fingerprint density at radius 2 is 1.20 bits per heavy atom. The van der Waals surface area contributed by atoms with Crippen LogP contribution in [0.4, 0.5) is 0 Å². The van der Waals surface area contributed by atoms with Gasteiger partial charge in [-0.1, -0.05) is 0 Å². The van der Waals surface area contributed by atoms with Gasteiger partial charge in [-0.15, -0.1) is 24.8 Å². The quantitative estimate of drug-likeness (QED) is 0.174. The predicted octanol–water partition coefficient (Wildman–Crippen LogP) is 10.6. The third kappa shape index (κ3) is 5.16. The zero-order valence-electron chi connectivity index (χ0n) is 25.0. The molecule has 2 aliphatic carbocycles. The Labute approximate surface area is 256 Å². The molecule has 0 saturated carbocycles. The van der Waals surface area contributed by atoms with E-state index in [1.165, 1.54) is 36.7 Å². The van der Waals surface area contributed by atoms with Gasteiger partial charge in [0.1, 0.15) is 0 Å². The Bertz CT molecular complexity index is 1440. The molecule has 0 saturated heterocycles. The maximum Gasteiger partial charge on any atom is -0.147 e. The van der Waals surface area contributed by atoms with Crippen LogP contribution in [0.5, 0.6) is 0 Å². The topological polar surface area (TPSA) is 0 Å². The molecular formula is C37H46Cl2Hf. The summed E-state index contributed by atoms with van der Waals surface area (Å²) in [5.74, 6) is 0. The smallest absolute Gasteiger partial charge is 0.147 e. The number of allylic oxidation sites excluding steroid dienone is 5. The van der Waals surface area contributed by atoms with Crippen molar-refractivity contribution >= 4 is 32.4 Å². The van der Waals surface area contributed by atoms with Gasteiger partial charge < -0.3 is 0 Å². The molecule has 0 fully saturated rings. The molecule has 0 amide bonds. The van der Waals surface area contributed by atoms with Gasteiger partial charge in [0, 0.05) is 0 Å². The largest absolute Gasteiger partial charge is 0.147 e. The van der Waals surface area contributed by atoms with Crippen LogP contribution in [0.3, 0.4) is 0 Å². The van der Waals surface area contributed by atoms with Gasteiger partial charge in [0.25, 0.3) is 0 Å². The van der Waals surface area contributed by atoms with E-state index in [0.29, 0.717) is 7.35 Å². The van der Waals surface area contributed by atoms with Crippen LogP contribution in [0.25, 0.3) is 11.1 Å². The minimum atomic E-state index is -4.46. The number of halogens is 2. The van der Waals surface area contributed by atoms with E-state index in [2.05, 4.69) is 145 Å². The second kappa shape index (κ2) is 11.5. The summed E-state index contributed by atoms with van der Waals surface area (Å²) < 4.78 is 8.93. The number of hydrogen-bond acceptors (Lipinski definition) is 0. The fraction of sp³-hybridized carbons (Fsp3) is 0.324. The molecule has 0 radical (unpaired) electrons. The molecule has 0 aliphatic heterocycles. The molecule has 0 aromatic heterocycles. The first kappa shape index (κ1) is 32.7. The molecule has 0 atom stereocenters. The van der Waals surface area contributed by atoms with Gasteiger partial charge in [-0.25, -0.2) is 0 Å². The summed E-state index contributed by atoms with van der Waals surface area (Å²) >= 11 is -4.46. The number of hydrogen-bond donors (Lipinski definition) is 0. The van der Waals surface area contributed by atoms with Crippen molar-refractivity contribution in [2.24, 2.45) is 0 Å². The van der Waals surface area contributed by atoms with E-state index in [1.54, 1.807) is 0 Å². The maximum atomic E-state index is 5.62. The molecule has 0 N–H and O–H groups in total. The molecule has 40 heavy (non-hydrogen) atoms. The maximum absolute atomic E-state index is 5.62. The van der Waals surface area contributed by atoms with Crippen molar-refractivity contribution in [1.82, 2.24) is 0 Å². The van der Waals surface area contributed by atoms with Crippen LogP contribution in [0.1, 0.15) is 73.9 Å². The zero-order valence-corrected chi connectivity index (χ0v) is 30.3. The normalized spacial score (nSPS) is 15.3. The molecule has 0 bridgehead atoms. The third-order valence-corrected chi connectivity index (χ3v) is 36.1. The minimum absolute atomic E-state index is 0. The van der Waals surface area contributed by atoms with Gasteiger partial charge in [-0.05, 0) is 0 Å². The van der Waals surface area contributed by atoms with Gasteiger partial charge in [-0.2, -0.15) is 0 Å². The van der Waals surface area contributed by atoms with Crippen molar-refractivity contribution in [3.05, 3.63) is 126 Å². The molecular weight excluding hydrogens is 694 g/mol. The van der Waals surface area contributed by atoms with E-state index in [0.717, 1.165) is 10.6 Å². The van der Waals surface area contributed by atoms with Crippen molar-refractivity contribution < 1.29 is 18.0 Å². The SMILES string of the molecule is C=CC[CH2][Hf](=[CH2])([c]1ccccc1)([CH]1C=CC=C1)[CH]1c2cc(C(C)(C)C)ccc2-c2ccc(C(C)(C)C)cc21.Cl.Cl. The van der Waals surface area contributed by atoms with Crippen LogP contribution in [0, 0.1) is 0 Å². The summed E-state index contributed by atoms with van der Waals surface area (Å²) in [6.07, 6.45) is 12.6. The molecule has 2 aliphatic rings. The first-order chi connectivity index (χ1) is 17.9. The van der Waals surface area contributed by atoms with E-state index in [4.69, 9.17) is 4.26 Å². The average molecular weight is 740 g/mol. The Morgan fingerprint density at radius 1 is 0.725 bits per heavy atom. The van der Waals surface area contributed by atoms with Crippen LogP contribution >= 0.6 is 24.8 Å². The predicted molar refractivity (Wildman–Crippen MR) is 180 cm³/mol. The van der Waals surface area contributed by atoms with Gasteiger partial charge in [0.15, 0.2) is 0 Å². The van der Waals surface area contributed by atoms with Crippen molar-refractivity contribution in [3.8, 4) is 11.1 Å². The van der Waals surface area contributed by atoms with E-state index in [9.17, 15) is 0 Å². The standard InChI is InChI=1S/C21H25.C6H5.C5H5.C4H7.CH2.2ClH.Hf/c1-20(2,3)16-7-9-18-14(12-16)11-15-13-17(21(4,5)6)8-10-19(15)18;1-2-4-6-5-3-1;1-2-4-5-3-1;1-3-4-2;;;;/h7-13H,1-6H3;1-5H;1-5H;3H,1-2,4H2;1H2;2*1H;. The van der Waals surface area contributed by atoms with Crippen LogP contribution < -0.4 is 3.32 Å². The number of rotatable bonds is 6. The third-order valence-electron chi connectivity index (χ3n) is 9.50. The van der Waals surface area contributed by atoms with Crippen LogP contribution in [-0.4, -0.2) is 4.26 Å². The van der Waals surface area contributed by atoms with Crippen LogP contribution in [0.15, 0.2) is 104 Å². The van der Waals surface area contributed by atoms with E-state index in [1.807, 2.05) is 0 Å². The van der Waals surface area contributed by atoms with E-state index < -0.39 is 18.0 Å². The van der Waals surface area contributed by atoms with Gasteiger partial charge in [-0.3, -0.25) is 0 Å². The van der Waals surface area contributed by atoms with Crippen molar-refractivity contribution in [2.45, 2.75) is 70.3 Å². The first-order valence-electron chi connectivity index (χ1n) is 14.2. The van der Waals surface area contributed by atoms with Crippen LogP contribution in [-0.2, 0) is 28.8 Å². The summed E-state index contributed by atoms with van der Waals surface area (Å²) in [6, 6.07) is 26.1. The fourth-order valence-electron chi connectivity index (χ4n) is 7.20. The first-order valence-corrected chi connectivity index (χ1v) is 25.3. The summed E-state index contributed by atoms with van der Waals surface area (Å²) in [5, 5.41) is 0. The van der Waals surface area contributed by atoms with E-state index in [-0.39, 0.29) is 35.6 Å². The molecule has 3 heteroatoms. The van der Waals surface area contributed by atoms with Gasteiger partial charge in [0.2, 0.25) is 0 Å². The number of benzene rings is 3. The van der Waals surface area contributed by atoms with Gasteiger partial charge >= 0.3 is 233 Å². The van der Waals surface area contributed by atoms with Crippen LogP contribution in [0.2, 0.25) is 7.85 Å². The summed E-state index contributed by atoms with van der Waals surface area (Å²) in [5.41, 5.74) is 8.81. The Morgan fingerprint density at radius 3 is 1.62 bits per heavy atom. The van der Waals surface area contributed by atoms with Crippen molar-refractivity contribution in [1.29, 1.82) is 0 Å². The van der Waals surface area contributed by atoms with Crippen molar-refractivity contribution in [2.75, 3.05) is 0 Å². The zero-order chi connectivity index (χ0) is 27.4. The molecule has 0 unspecified atom stereocenters. The molecule has 3 aromatic carbocycles.